The smallest absolute Gasteiger partial charge is 0.387 e. The molecule has 0 unspecified atom stereocenters. The van der Waals surface area contributed by atoms with Crippen molar-refractivity contribution in [3.63, 3.8) is 0 Å². The summed E-state index contributed by atoms with van der Waals surface area (Å²) in [6, 6.07) is 34.4. The summed E-state index contributed by atoms with van der Waals surface area (Å²) in [6.45, 7) is 2.86. The summed E-state index contributed by atoms with van der Waals surface area (Å²) in [5.41, 5.74) is 3.28. The summed E-state index contributed by atoms with van der Waals surface area (Å²) >= 11 is 0. The van der Waals surface area contributed by atoms with E-state index in [1.807, 2.05) is 116 Å². The molecule has 7 rings (SSSR count). The van der Waals surface area contributed by atoms with Crippen molar-refractivity contribution in [3.8, 4) is 17.1 Å². The predicted octanol–water partition coefficient (Wildman–Crippen LogP) is 7.85. The second-order valence-electron chi connectivity index (χ2n) is 14.5. The van der Waals surface area contributed by atoms with E-state index in [-0.39, 0.29) is 41.6 Å². The first-order valence-corrected chi connectivity index (χ1v) is 19.8. The Morgan fingerprint density at radius 2 is 1.45 bits per heavy atom. The highest BCUT2D eigenvalue weighted by atomic mass is 32.2. The van der Waals surface area contributed by atoms with Gasteiger partial charge in [0.2, 0.25) is 0 Å². The average molecular weight is 763 g/mol. The molecule has 0 aliphatic rings. The molecule has 0 saturated heterocycles. The van der Waals surface area contributed by atoms with Gasteiger partial charge in [0, 0.05) is 29.9 Å². The van der Waals surface area contributed by atoms with Crippen LogP contribution in [0.5, 0.6) is 5.75 Å². The Morgan fingerprint density at radius 1 is 0.873 bits per heavy atom. The van der Waals surface area contributed by atoms with Gasteiger partial charge < -0.3 is 14.6 Å². The highest BCUT2D eigenvalue weighted by Gasteiger charge is 2.41. The first-order chi connectivity index (χ1) is 26.2. The standard InChI is InChI=1S/C42H40F2N6O4S/c1-41(2,3)47-39(51)33-27-49(42(28-15-8-5-9-16-28,29-17-10-6-11-18-29)30-19-12-7-13-20-30)38-37(33)46-34(26-45-38)36-32-25-31(54-40(43)44)21-22-35(32)50(48-36)23-14-24-55(4,52)53/h5-13,15-22,25-27,40H,14,23-24H2,1-4H3,(H,47,51). The van der Waals surface area contributed by atoms with Crippen LogP contribution in [-0.2, 0) is 21.9 Å². The molecule has 0 saturated carbocycles. The maximum absolute atomic E-state index is 14.3. The van der Waals surface area contributed by atoms with Crippen molar-refractivity contribution in [2.75, 3.05) is 12.0 Å². The van der Waals surface area contributed by atoms with Gasteiger partial charge in [0.25, 0.3) is 5.91 Å². The quantitative estimate of drug-likeness (QED) is 0.126. The van der Waals surface area contributed by atoms with Gasteiger partial charge in [-0.05, 0) is 62.1 Å². The fourth-order valence-corrected chi connectivity index (χ4v) is 7.71. The number of ether oxygens (including phenoxy) is 1. The van der Waals surface area contributed by atoms with E-state index in [4.69, 9.17) is 19.8 Å². The summed E-state index contributed by atoms with van der Waals surface area (Å²) in [4.78, 5) is 24.4. The molecule has 0 aliphatic carbocycles. The van der Waals surface area contributed by atoms with E-state index in [2.05, 4.69) is 5.32 Å². The van der Waals surface area contributed by atoms with Crippen molar-refractivity contribution in [1.29, 1.82) is 0 Å². The molecule has 55 heavy (non-hydrogen) atoms. The summed E-state index contributed by atoms with van der Waals surface area (Å²) in [5.74, 6) is -0.508. The number of carbonyl (C=O) groups is 1. The molecule has 1 N–H and O–H groups in total. The Balaban J connectivity index is 1.51. The minimum absolute atomic E-state index is 0.0617. The number of aromatic nitrogens is 5. The molecule has 3 heterocycles. The lowest BCUT2D eigenvalue weighted by molar-refractivity contribution is -0.0497. The van der Waals surface area contributed by atoms with Crippen LogP contribution in [0.2, 0.25) is 0 Å². The molecular weight excluding hydrogens is 723 g/mol. The zero-order valence-electron chi connectivity index (χ0n) is 30.8. The number of benzene rings is 4. The van der Waals surface area contributed by atoms with E-state index in [1.54, 1.807) is 23.1 Å². The Labute approximate surface area is 317 Å². The summed E-state index contributed by atoms with van der Waals surface area (Å²) in [5, 5.41) is 8.34. The minimum atomic E-state index is -3.24. The van der Waals surface area contributed by atoms with Crippen LogP contribution in [-0.4, -0.2) is 62.8 Å². The molecule has 7 aromatic rings. The SMILES string of the molecule is CC(C)(C)NC(=O)c1cn(C(c2ccccc2)(c2ccccc2)c2ccccc2)c2ncc(-c3nn(CCCS(C)(=O)=O)c4ccc(OC(F)F)cc34)nc12. The van der Waals surface area contributed by atoms with Gasteiger partial charge >= 0.3 is 6.61 Å². The topological polar surface area (TPSA) is 121 Å². The highest BCUT2D eigenvalue weighted by Crippen LogP contribution is 2.43. The van der Waals surface area contributed by atoms with Crippen molar-refractivity contribution in [2.24, 2.45) is 0 Å². The van der Waals surface area contributed by atoms with Crippen LogP contribution in [0.3, 0.4) is 0 Å². The van der Waals surface area contributed by atoms with Gasteiger partial charge in [-0.3, -0.25) is 9.48 Å². The van der Waals surface area contributed by atoms with Crippen LogP contribution >= 0.6 is 0 Å². The van der Waals surface area contributed by atoms with Gasteiger partial charge in [0.05, 0.1) is 23.0 Å². The maximum Gasteiger partial charge on any atom is 0.387 e. The lowest BCUT2D eigenvalue weighted by Gasteiger charge is -2.38. The molecule has 0 bridgehead atoms. The monoisotopic (exact) mass is 762 g/mol. The average Bonchev–Trinajstić information content (AvgIpc) is 3.70. The third-order valence-corrected chi connectivity index (χ3v) is 10.3. The molecule has 4 aromatic carbocycles. The van der Waals surface area contributed by atoms with Gasteiger partial charge in [-0.15, -0.1) is 0 Å². The van der Waals surface area contributed by atoms with Gasteiger partial charge in [0.1, 0.15) is 38.0 Å². The number of hydrogen-bond acceptors (Lipinski definition) is 7. The molecule has 3 aromatic heterocycles. The second-order valence-corrected chi connectivity index (χ2v) is 16.7. The number of alkyl halides is 2. The van der Waals surface area contributed by atoms with Crippen LogP contribution in [0.4, 0.5) is 8.78 Å². The van der Waals surface area contributed by atoms with Crippen LogP contribution in [0.25, 0.3) is 33.5 Å². The van der Waals surface area contributed by atoms with Crippen molar-refractivity contribution < 1.29 is 26.7 Å². The maximum atomic E-state index is 14.3. The molecule has 0 spiro atoms. The van der Waals surface area contributed by atoms with Gasteiger partial charge in [-0.1, -0.05) is 91.0 Å². The molecular formula is C42H40F2N6O4S. The molecule has 13 heteroatoms. The largest absolute Gasteiger partial charge is 0.435 e. The van der Waals surface area contributed by atoms with Crippen molar-refractivity contribution in [3.05, 3.63) is 144 Å². The number of nitrogens with one attached hydrogen (secondary N) is 1. The summed E-state index contributed by atoms with van der Waals surface area (Å²) in [6.07, 6.45) is 4.79. The number of sulfone groups is 1. The molecule has 0 atom stereocenters. The Hall–Kier alpha value is -5.95. The third kappa shape index (κ3) is 7.57. The van der Waals surface area contributed by atoms with Gasteiger partial charge in [0.15, 0.2) is 5.65 Å². The van der Waals surface area contributed by atoms with E-state index in [9.17, 15) is 22.0 Å². The molecule has 10 nitrogen and oxygen atoms in total. The number of nitrogens with zero attached hydrogens (tertiary/aromatic N) is 5. The van der Waals surface area contributed by atoms with Crippen LogP contribution in [0.1, 0.15) is 54.2 Å². The Kier molecular flexibility index (Phi) is 9.99. The third-order valence-electron chi connectivity index (χ3n) is 9.24. The van der Waals surface area contributed by atoms with Crippen LogP contribution in [0, 0.1) is 0 Å². The fourth-order valence-electron chi connectivity index (χ4n) is 7.06. The van der Waals surface area contributed by atoms with E-state index in [0.29, 0.717) is 27.8 Å². The van der Waals surface area contributed by atoms with Gasteiger partial charge in [-0.2, -0.15) is 13.9 Å². The van der Waals surface area contributed by atoms with Crippen LogP contribution in [0.15, 0.2) is 122 Å². The first kappa shape index (κ1) is 37.4. The fraction of sp³-hybridized carbons (Fsp3) is 0.238. The van der Waals surface area contributed by atoms with Crippen molar-refractivity contribution >= 4 is 37.8 Å². The van der Waals surface area contributed by atoms with Crippen LogP contribution < -0.4 is 10.1 Å². The Morgan fingerprint density at radius 3 is 1.98 bits per heavy atom. The Bertz CT molecular complexity index is 2490. The first-order valence-electron chi connectivity index (χ1n) is 17.8. The number of carbonyl (C=O) groups excluding carboxylic acids is 1. The second kappa shape index (κ2) is 14.7. The van der Waals surface area contributed by atoms with E-state index in [0.717, 1.165) is 16.7 Å². The molecule has 0 radical (unpaired) electrons. The molecule has 0 aliphatic heterocycles. The van der Waals surface area contributed by atoms with E-state index < -0.39 is 27.5 Å². The van der Waals surface area contributed by atoms with E-state index >= 15 is 0 Å². The lowest BCUT2D eigenvalue weighted by atomic mass is 9.76. The summed E-state index contributed by atoms with van der Waals surface area (Å²) < 4.78 is 58.9. The number of rotatable bonds is 12. The zero-order valence-corrected chi connectivity index (χ0v) is 31.6. The highest BCUT2D eigenvalue weighted by molar-refractivity contribution is 7.90. The summed E-state index contributed by atoms with van der Waals surface area (Å²) in [7, 11) is -3.24. The molecule has 0 fully saturated rings. The minimum Gasteiger partial charge on any atom is -0.435 e. The normalized spacial score (nSPS) is 12.4. The van der Waals surface area contributed by atoms with Crippen molar-refractivity contribution in [2.45, 2.75) is 51.4 Å². The van der Waals surface area contributed by atoms with Crippen molar-refractivity contribution in [1.82, 2.24) is 29.6 Å². The molecule has 282 valence electrons. The number of halogens is 2. The zero-order chi connectivity index (χ0) is 39.0. The number of hydrogen-bond donors (Lipinski definition) is 1. The predicted molar refractivity (Wildman–Crippen MR) is 209 cm³/mol. The lowest BCUT2D eigenvalue weighted by Crippen LogP contribution is -2.40. The number of amides is 1. The molecule has 1 amide bonds. The number of aryl methyl sites for hydroxylation is 1. The van der Waals surface area contributed by atoms with E-state index in [1.165, 1.54) is 18.4 Å². The number of fused-ring (bicyclic) bond motifs is 2. The van der Waals surface area contributed by atoms with Gasteiger partial charge in [-0.25, -0.2) is 18.4 Å².